The molecule has 0 spiro atoms. The summed E-state index contributed by atoms with van der Waals surface area (Å²) in [7, 11) is 6.12. The van der Waals surface area contributed by atoms with Crippen molar-refractivity contribution in [2.75, 3.05) is 65.7 Å². The first-order valence-corrected chi connectivity index (χ1v) is 7.68. The van der Waals surface area contributed by atoms with Gasteiger partial charge in [-0.1, -0.05) is 0 Å². The molecule has 1 aliphatic heterocycles. The summed E-state index contributed by atoms with van der Waals surface area (Å²) in [5.41, 5.74) is 0.476. The highest BCUT2D eigenvalue weighted by molar-refractivity contribution is 5.93. The zero-order chi connectivity index (χ0) is 16.1. The largest absolute Gasteiger partial charge is 0.369 e. The molecule has 2 heterocycles. The van der Waals surface area contributed by atoms with Gasteiger partial charge in [-0.3, -0.25) is 4.79 Å². The van der Waals surface area contributed by atoms with Crippen LogP contribution in [0.2, 0.25) is 0 Å². The maximum Gasteiger partial charge on any atom is 0.272 e. The Morgan fingerprint density at radius 2 is 1.95 bits per heavy atom. The Bertz CT molecular complexity index is 511. The lowest BCUT2D eigenvalue weighted by Crippen LogP contribution is -2.47. The lowest BCUT2D eigenvalue weighted by atomic mass is 10.2. The van der Waals surface area contributed by atoms with Gasteiger partial charge in [-0.25, -0.2) is 9.97 Å². The maximum atomic E-state index is 12.6. The Labute approximate surface area is 132 Å². The van der Waals surface area contributed by atoms with Crippen molar-refractivity contribution in [3.63, 3.8) is 0 Å². The van der Waals surface area contributed by atoms with Gasteiger partial charge in [-0.2, -0.15) is 0 Å². The quantitative estimate of drug-likeness (QED) is 0.835. The molecule has 0 aliphatic carbocycles. The highest BCUT2D eigenvalue weighted by atomic mass is 16.2. The number of amides is 1. The average Bonchev–Trinajstić information content (AvgIpc) is 2.46. The highest BCUT2D eigenvalue weighted by Gasteiger charge is 2.22. The van der Waals surface area contributed by atoms with E-state index in [-0.39, 0.29) is 5.91 Å². The molecule has 0 aromatic carbocycles. The van der Waals surface area contributed by atoms with Crippen LogP contribution in [0.25, 0.3) is 0 Å². The van der Waals surface area contributed by atoms with Crippen molar-refractivity contribution in [1.29, 1.82) is 0 Å². The van der Waals surface area contributed by atoms with E-state index in [0.717, 1.165) is 39.3 Å². The van der Waals surface area contributed by atoms with Crippen molar-refractivity contribution in [2.24, 2.45) is 0 Å². The summed E-state index contributed by atoms with van der Waals surface area (Å²) < 4.78 is 0. The molecule has 7 heteroatoms. The minimum absolute atomic E-state index is 0.00532. The number of nitrogens with zero attached hydrogens (tertiary/aromatic N) is 5. The highest BCUT2D eigenvalue weighted by Crippen LogP contribution is 2.11. The normalized spacial score (nSPS) is 16.1. The number of hydrogen-bond donors (Lipinski definition) is 1. The van der Waals surface area contributed by atoms with Crippen LogP contribution in [0.1, 0.15) is 16.3 Å². The lowest BCUT2D eigenvalue weighted by Gasteiger charge is -2.32. The fraction of sp³-hybridized carbons (Fsp3) is 0.667. The van der Waals surface area contributed by atoms with E-state index in [1.807, 2.05) is 25.9 Å². The first-order valence-electron chi connectivity index (χ1n) is 7.68. The van der Waals surface area contributed by atoms with Gasteiger partial charge in [0.2, 0.25) is 0 Å². The molecule has 1 saturated heterocycles. The molecule has 7 nitrogen and oxygen atoms in total. The molecular formula is C15H26N6O. The molecule has 1 amide bonds. The standard InChI is InChI=1S/C15H26N6O/c1-12-17-13(11-14(18-12)16-5-6-19(2)3)15(22)21-9-7-20(4)8-10-21/h11H,5-10H2,1-4H3,(H,16,17,18). The van der Waals surface area contributed by atoms with Gasteiger partial charge in [0.25, 0.3) is 5.91 Å². The number of likely N-dealkylation sites (N-methyl/N-ethyl adjacent to an activating group) is 2. The maximum absolute atomic E-state index is 12.6. The smallest absolute Gasteiger partial charge is 0.272 e. The number of carbonyl (C=O) groups is 1. The Morgan fingerprint density at radius 1 is 1.27 bits per heavy atom. The number of carbonyl (C=O) groups excluding carboxylic acids is 1. The van der Waals surface area contributed by atoms with Crippen molar-refractivity contribution < 1.29 is 4.79 Å². The van der Waals surface area contributed by atoms with E-state index < -0.39 is 0 Å². The molecule has 1 N–H and O–H groups in total. The second-order valence-corrected chi connectivity index (χ2v) is 6.01. The first kappa shape index (κ1) is 16.6. The lowest BCUT2D eigenvalue weighted by molar-refractivity contribution is 0.0658. The summed E-state index contributed by atoms with van der Waals surface area (Å²) in [5.74, 6) is 1.33. The summed E-state index contributed by atoms with van der Waals surface area (Å²) in [6.07, 6.45) is 0. The van der Waals surface area contributed by atoms with Gasteiger partial charge in [0.1, 0.15) is 17.3 Å². The fourth-order valence-electron chi connectivity index (χ4n) is 2.35. The summed E-state index contributed by atoms with van der Waals surface area (Å²) in [6.45, 7) is 6.82. The second-order valence-electron chi connectivity index (χ2n) is 6.01. The van der Waals surface area contributed by atoms with Crippen LogP contribution in [0.5, 0.6) is 0 Å². The summed E-state index contributed by atoms with van der Waals surface area (Å²) in [6, 6.07) is 1.75. The Morgan fingerprint density at radius 3 is 2.59 bits per heavy atom. The fourth-order valence-corrected chi connectivity index (χ4v) is 2.35. The van der Waals surface area contributed by atoms with Crippen molar-refractivity contribution >= 4 is 11.7 Å². The van der Waals surface area contributed by atoms with Gasteiger partial charge in [0.15, 0.2) is 0 Å². The second kappa shape index (κ2) is 7.51. The number of nitrogens with one attached hydrogen (secondary N) is 1. The number of aryl methyl sites for hydroxylation is 1. The molecule has 2 rings (SSSR count). The number of aromatic nitrogens is 2. The number of hydrogen-bond acceptors (Lipinski definition) is 6. The van der Waals surface area contributed by atoms with Crippen LogP contribution in [0.4, 0.5) is 5.82 Å². The number of rotatable bonds is 5. The third-order valence-electron chi connectivity index (χ3n) is 3.71. The summed E-state index contributed by atoms with van der Waals surface area (Å²) >= 11 is 0. The van der Waals surface area contributed by atoms with Gasteiger partial charge in [-0.15, -0.1) is 0 Å². The number of anilines is 1. The summed E-state index contributed by atoms with van der Waals surface area (Å²) in [4.78, 5) is 27.4. The molecule has 0 unspecified atom stereocenters. The molecule has 122 valence electrons. The van der Waals surface area contributed by atoms with E-state index in [2.05, 4.69) is 32.1 Å². The predicted octanol–water partition coefficient (Wildman–Crippen LogP) is 0.146. The first-order chi connectivity index (χ1) is 10.5. The molecule has 1 aliphatic rings. The molecule has 0 saturated carbocycles. The van der Waals surface area contributed by atoms with Crippen molar-refractivity contribution in [3.8, 4) is 0 Å². The van der Waals surface area contributed by atoms with Crippen LogP contribution >= 0.6 is 0 Å². The molecule has 0 atom stereocenters. The van der Waals surface area contributed by atoms with Gasteiger partial charge >= 0.3 is 0 Å². The average molecular weight is 306 g/mol. The van der Waals surface area contributed by atoms with Crippen LogP contribution in [-0.2, 0) is 0 Å². The van der Waals surface area contributed by atoms with Gasteiger partial charge in [0.05, 0.1) is 0 Å². The van der Waals surface area contributed by atoms with Crippen LogP contribution in [0, 0.1) is 6.92 Å². The molecule has 0 radical (unpaired) electrons. The van der Waals surface area contributed by atoms with E-state index >= 15 is 0 Å². The van der Waals surface area contributed by atoms with Crippen LogP contribution in [0.15, 0.2) is 6.07 Å². The molecule has 1 fully saturated rings. The van der Waals surface area contributed by atoms with Crippen molar-refractivity contribution in [2.45, 2.75) is 6.92 Å². The SMILES string of the molecule is Cc1nc(NCCN(C)C)cc(C(=O)N2CCN(C)CC2)n1. The van der Waals surface area contributed by atoms with Crippen molar-refractivity contribution in [1.82, 2.24) is 24.7 Å². The van der Waals surface area contributed by atoms with E-state index in [9.17, 15) is 4.79 Å². The Kier molecular flexibility index (Phi) is 5.68. The molecule has 0 bridgehead atoms. The Balaban J connectivity index is 2.03. The summed E-state index contributed by atoms with van der Waals surface area (Å²) in [5, 5.41) is 3.25. The van der Waals surface area contributed by atoms with E-state index in [0.29, 0.717) is 17.3 Å². The van der Waals surface area contributed by atoms with Gasteiger partial charge in [-0.05, 0) is 28.1 Å². The van der Waals surface area contributed by atoms with E-state index in [1.165, 1.54) is 0 Å². The topological polar surface area (TPSA) is 64.6 Å². The zero-order valence-electron chi connectivity index (χ0n) is 14.0. The van der Waals surface area contributed by atoms with Crippen LogP contribution in [0.3, 0.4) is 0 Å². The van der Waals surface area contributed by atoms with E-state index in [1.54, 1.807) is 6.07 Å². The molecule has 1 aromatic heterocycles. The van der Waals surface area contributed by atoms with Crippen LogP contribution in [-0.4, -0.2) is 91.0 Å². The number of piperazine rings is 1. The van der Waals surface area contributed by atoms with E-state index in [4.69, 9.17) is 0 Å². The third kappa shape index (κ3) is 4.64. The predicted molar refractivity (Wildman–Crippen MR) is 87.2 cm³/mol. The van der Waals surface area contributed by atoms with Gasteiger partial charge in [0, 0.05) is 45.3 Å². The monoisotopic (exact) mass is 306 g/mol. The minimum Gasteiger partial charge on any atom is -0.369 e. The Hall–Kier alpha value is -1.73. The molecule has 22 heavy (non-hydrogen) atoms. The molecule has 1 aromatic rings. The van der Waals surface area contributed by atoms with Crippen LogP contribution < -0.4 is 5.32 Å². The van der Waals surface area contributed by atoms with Gasteiger partial charge < -0.3 is 20.0 Å². The van der Waals surface area contributed by atoms with Crippen molar-refractivity contribution in [3.05, 3.63) is 17.6 Å². The minimum atomic E-state index is -0.00532. The molecular weight excluding hydrogens is 280 g/mol. The zero-order valence-corrected chi connectivity index (χ0v) is 14.0. The third-order valence-corrected chi connectivity index (χ3v) is 3.71.